The summed E-state index contributed by atoms with van der Waals surface area (Å²) in [5, 5.41) is 12.3. The molecule has 2 rings (SSSR count). The summed E-state index contributed by atoms with van der Waals surface area (Å²) in [5.74, 6) is -0.698. The highest BCUT2D eigenvalue weighted by Gasteiger charge is 2.26. The lowest BCUT2D eigenvalue weighted by atomic mass is 9.93. The van der Waals surface area contributed by atoms with Crippen molar-refractivity contribution in [3.05, 3.63) is 16.1 Å². The molecule has 112 valence electrons. The topological polar surface area (TPSA) is 53.4 Å². The SMILES string of the molecule is CC(C)(C)c1csc(CN2CCCCC2CC(=O)O)n1. The number of hydrogen-bond donors (Lipinski definition) is 1. The van der Waals surface area contributed by atoms with Crippen molar-refractivity contribution >= 4 is 17.3 Å². The lowest BCUT2D eigenvalue weighted by Crippen LogP contribution is -2.40. The van der Waals surface area contributed by atoms with Gasteiger partial charge in [-0.1, -0.05) is 27.2 Å². The maximum atomic E-state index is 11.0. The van der Waals surface area contributed by atoms with E-state index in [0.29, 0.717) is 0 Å². The van der Waals surface area contributed by atoms with Gasteiger partial charge in [0.05, 0.1) is 18.7 Å². The molecular weight excluding hydrogens is 272 g/mol. The van der Waals surface area contributed by atoms with Gasteiger partial charge in [-0.2, -0.15) is 0 Å². The zero-order valence-electron chi connectivity index (χ0n) is 12.6. The molecular formula is C15H24N2O2S. The highest BCUT2D eigenvalue weighted by molar-refractivity contribution is 7.09. The summed E-state index contributed by atoms with van der Waals surface area (Å²) in [7, 11) is 0. The molecule has 0 saturated carbocycles. The molecule has 0 aliphatic carbocycles. The fraction of sp³-hybridized carbons (Fsp3) is 0.733. The number of rotatable bonds is 4. The second-order valence-corrected chi connectivity index (χ2v) is 7.54. The highest BCUT2D eigenvalue weighted by Crippen LogP contribution is 2.27. The molecule has 1 aliphatic heterocycles. The van der Waals surface area contributed by atoms with Gasteiger partial charge < -0.3 is 5.11 Å². The van der Waals surface area contributed by atoms with Crippen LogP contribution < -0.4 is 0 Å². The van der Waals surface area contributed by atoms with E-state index in [9.17, 15) is 4.79 Å². The van der Waals surface area contributed by atoms with E-state index < -0.39 is 5.97 Å². The maximum absolute atomic E-state index is 11.0. The van der Waals surface area contributed by atoms with Crippen LogP contribution in [0.3, 0.4) is 0 Å². The Hall–Kier alpha value is -0.940. The van der Waals surface area contributed by atoms with Crippen molar-refractivity contribution in [3.63, 3.8) is 0 Å². The van der Waals surface area contributed by atoms with Gasteiger partial charge in [0.2, 0.25) is 0 Å². The van der Waals surface area contributed by atoms with Gasteiger partial charge in [-0.05, 0) is 19.4 Å². The molecule has 1 N–H and O–H groups in total. The molecule has 0 amide bonds. The summed E-state index contributed by atoms with van der Waals surface area (Å²) in [5.41, 5.74) is 1.21. The quantitative estimate of drug-likeness (QED) is 0.926. The Balaban J connectivity index is 2.03. The van der Waals surface area contributed by atoms with E-state index in [1.54, 1.807) is 11.3 Å². The van der Waals surface area contributed by atoms with Gasteiger partial charge in [-0.3, -0.25) is 9.69 Å². The lowest BCUT2D eigenvalue weighted by Gasteiger charge is -2.34. The summed E-state index contributed by atoms with van der Waals surface area (Å²) in [4.78, 5) is 18.0. The number of carboxylic acids is 1. The molecule has 1 saturated heterocycles. The Morgan fingerprint density at radius 1 is 1.50 bits per heavy atom. The highest BCUT2D eigenvalue weighted by atomic mass is 32.1. The van der Waals surface area contributed by atoms with Crippen molar-refractivity contribution in [2.45, 2.75) is 64.5 Å². The van der Waals surface area contributed by atoms with Crippen LogP contribution >= 0.6 is 11.3 Å². The minimum absolute atomic E-state index is 0.0805. The minimum Gasteiger partial charge on any atom is -0.481 e. The van der Waals surface area contributed by atoms with Crippen LogP contribution in [0.2, 0.25) is 0 Å². The van der Waals surface area contributed by atoms with E-state index >= 15 is 0 Å². The minimum atomic E-state index is -0.698. The third kappa shape index (κ3) is 4.03. The molecule has 0 spiro atoms. The second kappa shape index (κ2) is 6.22. The summed E-state index contributed by atoms with van der Waals surface area (Å²) >= 11 is 1.69. The molecule has 1 unspecified atom stereocenters. The molecule has 20 heavy (non-hydrogen) atoms. The van der Waals surface area contributed by atoms with Gasteiger partial charge in [0.1, 0.15) is 5.01 Å². The number of aromatic nitrogens is 1. The van der Waals surface area contributed by atoms with Gasteiger partial charge in [-0.15, -0.1) is 11.3 Å². The number of piperidine rings is 1. The molecule has 1 atom stereocenters. The van der Waals surface area contributed by atoms with E-state index in [4.69, 9.17) is 10.1 Å². The number of thiazole rings is 1. The number of carboxylic acid groups (broad SMARTS) is 1. The van der Waals surface area contributed by atoms with Crippen LogP contribution in [-0.4, -0.2) is 33.5 Å². The Morgan fingerprint density at radius 2 is 2.25 bits per heavy atom. The van der Waals surface area contributed by atoms with Crippen LogP contribution in [-0.2, 0) is 16.8 Å². The standard InChI is InChI=1S/C15H24N2O2S/c1-15(2,3)12-10-20-13(16-12)9-17-7-5-4-6-11(17)8-14(18)19/h10-11H,4-9H2,1-3H3,(H,18,19). The monoisotopic (exact) mass is 296 g/mol. The predicted octanol–water partition coefficient (Wildman–Crippen LogP) is 3.27. The number of likely N-dealkylation sites (tertiary alicyclic amines) is 1. The van der Waals surface area contributed by atoms with Crippen LogP contribution in [0.15, 0.2) is 5.38 Å². The van der Waals surface area contributed by atoms with E-state index in [1.165, 1.54) is 0 Å². The van der Waals surface area contributed by atoms with Crippen molar-refractivity contribution in [3.8, 4) is 0 Å². The maximum Gasteiger partial charge on any atom is 0.304 e. The van der Waals surface area contributed by atoms with E-state index in [-0.39, 0.29) is 17.9 Å². The smallest absolute Gasteiger partial charge is 0.304 e. The van der Waals surface area contributed by atoms with Crippen LogP contribution in [0.5, 0.6) is 0 Å². The molecule has 1 fully saturated rings. The fourth-order valence-electron chi connectivity index (χ4n) is 2.60. The Kier molecular flexibility index (Phi) is 4.81. The summed E-state index contributed by atoms with van der Waals surface area (Å²) in [6.45, 7) is 8.28. The average molecular weight is 296 g/mol. The van der Waals surface area contributed by atoms with Crippen molar-refractivity contribution in [2.75, 3.05) is 6.54 Å². The van der Waals surface area contributed by atoms with E-state index in [1.807, 2.05) is 0 Å². The van der Waals surface area contributed by atoms with E-state index in [0.717, 1.165) is 43.1 Å². The first-order valence-corrected chi connectivity index (χ1v) is 8.15. The van der Waals surface area contributed by atoms with Crippen molar-refractivity contribution in [1.82, 2.24) is 9.88 Å². The summed E-state index contributed by atoms with van der Waals surface area (Å²) < 4.78 is 0. The second-order valence-electron chi connectivity index (χ2n) is 6.59. The van der Waals surface area contributed by atoms with Crippen LogP contribution in [0.4, 0.5) is 0 Å². The van der Waals surface area contributed by atoms with Gasteiger partial charge in [-0.25, -0.2) is 4.98 Å². The molecule has 1 aromatic rings. The number of hydrogen-bond acceptors (Lipinski definition) is 4. The molecule has 2 heterocycles. The number of aliphatic carboxylic acids is 1. The van der Waals surface area contributed by atoms with Crippen LogP contribution in [0.25, 0.3) is 0 Å². The molecule has 1 aliphatic rings. The normalized spacial score (nSPS) is 21.1. The summed E-state index contributed by atoms with van der Waals surface area (Å²) in [6.07, 6.45) is 3.54. The zero-order valence-corrected chi connectivity index (χ0v) is 13.4. The first kappa shape index (κ1) is 15.4. The molecule has 1 aromatic heterocycles. The molecule has 0 aromatic carbocycles. The number of carbonyl (C=O) groups is 1. The molecule has 0 radical (unpaired) electrons. The Morgan fingerprint density at radius 3 is 2.85 bits per heavy atom. The lowest BCUT2D eigenvalue weighted by molar-refractivity contribution is -0.138. The Labute approximate surface area is 124 Å². The molecule has 4 nitrogen and oxygen atoms in total. The third-order valence-corrected chi connectivity index (χ3v) is 4.65. The largest absolute Gasteiger partial charge is 0.481 e. The van der Waals surface area contributed by atoms with Gasteiger partial charge in [0.25, 0.3) is 0 Å². The van der Waals surface area contributed by atoms with Crippen molar-refractivity contribution in [2.24, 2.45) is 0 Å². The van der Waals surface area contributed by atoms with Gasteiger partial charge >= 0.3 is 5.97 Å². The Bertz CT molecular complexity index is 465. The summed E-state index contributed by atoms with van der Waals surface area (Å²) in [6, 6.07) is 0.170. The van der Waals surface area contributed by atoms with Gasteiger partial charge in [0.15, 0.2) is 0 Å². The average Bonchev–Trinajstić information content (AvgIpc) is 2.79. The van der Waals surface area contributed by atoms with Crippen molar-refractivity contribution in [1.29, 1.82) is 0 Å². The van der Waals surface area contributed by atoms with Crippen LogP contribution in [0.1, 0.15) is 57.2 Å². The molecule has 0 bridgehead atoms. The molecule has 5 heteroatoms. The predicted molar refractivity (Wildman–Crippen MR) is 81.1 cm³/mol. The van der Waals surface area contributed by atoms with E-state index in [2.05, 4.69) is 31.1 Å². The first-order chi connectivity index (χ1) is 9.36. The van der Waals surface area contributed by atoms with Crippen LogP contribution in [0, 0.1) is 0 Å². The fourth-order valence-corrected chi connectivity index (χ4v) is 3.65. The van der Waals surface area contributed by atoms with Gasteiger partial charge in [0, 0.05) is 16.8 Å². The number of nitrogens with zero attached hydrogens (tertiary/aromatic N) is 2. The first-order valence-electron chi connectivity index (χ1n) is 7.27. The van der Waals surface area contributed by atoms with Crippen molar-refractivity contribution < 1.29 is 9.90 Å². The third-order valence-electron chi connectivity index (χ3n) is 3.82. The zero-order chi connectivity index (χ0) is 14.8.